The van der Waals surface area contributed by atoms with Crippen molar-refractivity contribution in [3.05, 3.63) is 62.8 Å². The molecule has 0 atom stereocenters. The number of benzene rings is 1. The van der Waals surface area contributed by atoms with E-state index in [9.17, 15) is 4.79 Å². The topological polar surface area (TPSA) is 29.1 Å². The number of carbonyl (C=O) groups is 1. The molecule has 2 rings (SSSR count). The highest BCUT2D eigenvalue weighted by molar-refractivity contribution is 9.10. The fraction of sp³-hybridized carbons (Fsp3) is 0.188. The summed E-state index contributed by atoms with van der Waals surface area (Å²) in [5.74, 6) is 1.90. The molecule has 1 amide bonds. The highest BCUT2D eigenvalue weighted by Crippen LogP contribution is 2.16. The van der Waals surface area contributed by atoms with E-state index in [0.717, 1.165) is 21.5 Å². The van der Waals surface area contributed by atoms with Gasteiger partial charge in [-0.25, -0.2) is 0 Å². The molecule has 0 spiro atoms. The Balaban J connectivity index is 1.62. The molecule has 0 saturated heterocycles. The molecule has 2 nitrogen and oxygen atoms in total. The number of halogens is 1. The van der Waals surface area contributed by atoms with Crippen LogP contribution in [0.25, 0.3) is 6.08 Å². The molecule has 0 radical (unpaired) electrons. The van der Waals surface area contributed by atoms with Gasteiger partial charge >= 0.3 is 0 Å². The normalized spacial score (nSPS) is 10.9. The summed E-state index contributed by atoms with van der Waals surface area (Å²) in [6.07, 6.45) is 3.40. The van der Waals surface area contributed by atoms with Crippen LogP contribution in [0.4, 0.5) is 0 Å². The number of carbonyl (C=O) groups excluding carboxylic acids is 1. The minimum atomic E-state index is -0.0466. The van der Waals surface area contributed by atoms with Gasteiger partial charge < -0.3 is 5.32 Å². The fourth-order valence-corrected chi connectivity index (χ4v) is 3.58. The number of amides is 1. The Hall–Kier alpha value is -1.04. The molecule has 110 valence electrons. The molecule has 21 heavy (non-hydrogen) atoms. The highest BCUT2D eigenvalue weighted by atomic mass is 79.9. The highest BCUT2D eigenvalue weighted by Gasteiger charge is 1.97. The summed E-state index contributed by atoms with van der Waals surface area (Å²) >= 11 is 6.99. The van der Waals surface area contributed by atoms with Crippen molar-refractivity contribution in [3.63, 3.8) is 0 Å². The maximum atomic E-state index is 11.7. The zero-order chi connectivity index (χ0) is 14.9. The van der Waals surface area contributed by atoms with E-state index >= 15 is 0 Å². The molecule has 0 aliphatic rings. The predicted octanol–water partition coefficient (Wildman–Crippen LogP) is 4.57. The van der Waals surface area contributed by atoms with Crippen LogP contribution in [0.5, 0.6) is 0 Å². The Morgan fingerprint density at radius 1 is 1.29 bits per heavy atom. The van der Waals surface area contributed by atoms with E-state index in [4.69, 9.17) is 0 Å². The van der Waals surface area contributed by atoms with Crippen molar-refractivity contribution in [2.45, 2.75) is 5.75 Å². The monoisotopic (exact) mass is 381 g/mol. The van der Waals surface area contributed by atoms with Gasteiger partial charge in [-0.1, -0.05) is 34.1 Å². The molecule has 1 heterocycles. The Labute approximate surface area is 141 Å². The third kappa shape index (κ3) is 6.50. The Morgan fingerprint density at radius 3 is 2.81 bits per heavy atom. The first kappa shape index (κ1) is 16.3. The van der Waals surface area contributed by atoms with Gasteiger partial charge in [-0.2, -0.15) is 11.8 Å². The van der Waals surface area contributed by atoms with Crippen LogP contribution in [-0.4, -0.2) is 18.2 Å². The average Bonchev–Trinajstić information content (AvgIpc) is 2.99. The standard InChI is InChI=1S/C16H16BrNOS2/c17-14-6-3-13(4-7-14)5-8-16(19)18-9-11-20-12-15-2-1-10-21-15/h1-8,10H,9,11-12H2,(H,18,19)/b8-5+. The van der Waals surface area contributed by atoms with Crippen molar-refractivity contribution < 1.29 is 4.79 Å². The van der Waals surface area contributed by atoms with E-state index in [0.29, 0.717) is 6.54 Å². The van der Waals surface area contributed by atoms with Crippen LogP contribution < -0.4 is 5.32 Å². The van der Waals surface area contributed by atoms with Crippen molar-refractivity contribution in [2.75, 3.05) is 12.3 Å². The van der Waals surface area contributed by atoms with Crippen LogP contribution in [0.15, 0.2) is 52.3 Å². The van der Waals surface area contributed by atoms with Gasteiger partial charge in [0.15, 0.2) is 0 Å². The first-order chi connectivity index (χ1) is 10.2. The summed E-state index contributed by atoms with van der Waals surface area (Å²) in [4.78, 5) is 13.0. The Kier molecular flexibility index (Phi) is 7.06. The van der Waals surface area contributed by atoms with Crippen molar-refractivity contribution in [2.24, 2.45) is 0 Å². The maximum Gasteiger partial charge on any atom is 0.244 e. The second-order valence-corrected chi connectivity index (χ2v) is 7.36. The van der Waals surface area contributed by atoms with Gasteiger partial charge in [0.2, 0.25) is 5.91 Å². The summed E-state index contributed by atoms with van der Waals surface area (Å²) < 4.78 is 1.03. The predicted molar refractivity (Wildman–Crippen MR) is 96.7 cm³/mol. The van der Waals surface area contributed by atoms with E-state index in [1.165, 1.54) is 4.88 Å². The molecule has 0 fully saturated rings. The SMILES string of the molecule is O=C(/C=C/c1ccc(Br)cc1)NCCSCc1cccs1. The molecule has 0 saturated carbocycles. The molecule has 0 aliphatic heterocycles. The summed E-state index contributed by atoms with van der Waals surface area (Å²) in [5, 5.41) is 4.98. The minimum absolute atomic E-state index is 0.0466. The summed E-state index contributed by atoms with van der Waals surface area (Å²) in [6.45, 7) is 0.694. The van der Waals surface area contributed by atoms with Crippen LogP contribution in [0.1, 0.15) is 10.4 Å². The van der Waals surface area contributed by atoms with E-state index in [1.807, 2.05) is 42.1 Å². The van der Waals surface area contributed by atoms with E-state index in [1.54, 1.807) is 17.4 Å². The van der Waals surface area contributed by atoms with Crippen LogP contribution >= 0.6 is 39.0 Å². The maximum absolute atomic E-state index is 11.7. The molecule has 1 aromatic carbocycles. The quantitative estimate of drug-likeness (QED) is 0.561. The average molecular weight is 382 g/mol. The molecule has 5 heteroatoms. The number of rotatable bonds is 7. The number of nitrogens with one attached hydrogen (secondary N) is 1. The van der Waals surface area contributed by atoms with E-state index in [-0.39, 0.29) is 5.91 Å². The molecule has 2 aromatic rings. The van der Waals surface area contributed by atoms with E-state index < -0.39 is 0 Å². The molecule has 0 unspecified atom stereocenters. The van der Waals surface area contributed by atoms with Gasteiger partial charge in [-0.3, -0.25) is 4.79 Å². The van der Waals surface area contributed by atoms with E-state index in [2.05, 4.69) is 38.8 Å². The molecule has 0 aliphatic carbocycles. The van der Waals surface area contributed by atoms with Gasteiger partial charge in [-0.15, -0.1) is 11.3 Å². The molecule has 1 N–H and O–H groups in total. The van der Waals surface area contributed by atoms with Crippen molar-refractivity contribution in [1.29, 1.82) is 0 Å². The lowest BCUT2D eigenvalue weighted by molar-refractivity contribution is -0.116. The van der Waals surface area contributed by atoms with Gasteiger partial charge in [0.25, 0.3) is 0 Å². The lowest BCUT2D eigenvalue weighted by atomic mass is 10.2. The second-order valence-electron chi connectivity index (χ2n) is 4.31. The second kappa shape index (κ2) is 9.07. The van der Waals surface area contributed by atoms with Crippen LogP contribution in [0.3, 0.4) is 0 Å². The van der Waals surface area contributed by atoms with Crippen LogP contribution in [0, 0.1) is 0 Å². The first-order valence-electron chi connectivity index (χ1n) is 6.55. The van der Waals surface area contributed by atoms with Gasteiger partial charge in [-0.05, 0) is 35.2 Å². The van der Waals surface area contributed by atoms with Crippen LogP contribution in [0.2, 0.25) is 0 Å². The molecular formula is C16H16BrNOS2. The third-order valence-electron chi connectivity index (χ3n) is 2.67. The van der Waals surface area contributed by atoms with Crippen molar-refractivity contribution in [1.82, 2.24) is 5.32 Å². The van der Waals surface area contributed by atoms with Crippen LogP contribution in [-0.2, 0) is 10.5 Å². The first-order valence-corrected chi connectivity index (χ1v) is 9.38. The minimum Gasteiger partial charge on any atom is -0.352 e. The zero-order valence-electron chi connectivity index (χ0n) is 11.4. The van der Waals surface area contributed by atoms with Gasteiger partial charge in [0.1, 0.15) is 0 Å². The summed E-state index contributed by atoms with van der Waals surface area (Å²) in [6, 6.07) is 12.0. The lowest BCUT2D eigenvalue weighted by Gasteiger charge is -2.01. The zero-order valence-corrected chi connectivity index (χ0v) is 14.6. The number of hydrogen-bond donors (Lipinski definition) is 1. The van der Waals surface area contributed by atoms with Crippen molar-refractivity contribution in [3.8, 4) is 0 Å². The number of hydrogen-bond acceptors (Lipinski definition) is 3. The van der Waals surface area contributed by atoms with Gasteiger partial charge in [0.05, 0.1) is 0 Å². The molecule has 0 bridgehead atoms. The Morgan fingerprint density at radius 2 is 2.10 bits per heavy atom. The number of thioether (sulfide) groups is 1. The Bertz CT molecular complexity index is 579. The van der Waals surface area contributed by atoms with Gasteiger partial charge in [0, 0.05) is 33.5 Å². The smallest absolute Gasteiger partial charge is 0.244 e. The number of thiophene rings is 1. The lowest BCUT2D eigenvalue weighted by Crippen LogP contribution is -2.23. The van der Waals surface area contributed by atoms with Crippen molar-refractivity contribution >= 4 is 51.0 Å². The summed E-state index contributed by atoms with van der Waals surface area (Å²) in [5.41, 5.74) is 1.01. The largest absolute Gasteiger partial charge is 0.352 e. The molecule has 1 aromatic heterocycles. The summed E-state index contributed by atoms with van der Waals surface area (Å²) in [7, 11) is 0. The molecular weight excluding hydrogens is 366 g/mol. The fourth-order valence-electron chi connectivity index (χ4n) is 1.62. The third-order valence-corrected chi connectivity index (χ3v) is 5.26.